The molecule has 0 aliphatic carbocycles. The number of allylic oxidation sites excluding steroid dienone is 1. The summed E-state index contributed by atoms with van der Waals surface area (Å²) in [6.07, 6.45) is 1.94. The molecule has 2 aromatic carbocycles. The Morgan fingerprint density at radius 3 is 2.59 bits per heavy atom. The first-order valence-electron chi connectivity index (χ1n) is 12.2. The summed E-state index contributed by atoms with van der Waals surface area (Å²) in [5, 5.41) is 9.66. The number of halogens is 2. The van der Waals surface area contributed by atoms with Crippen LogP contribution in [0.2, 0.25) is 10.0 Å². The molecule has 0 bridgehead atoms. The van der Waals surface area contributed by atoms with Crippen LogP contribution >= 0.6 is 35.0 Å². The van der Waals surface area contributed by atoms with Crippen LogP contribution in [0.3, 0.4) is 0 Å². The fraction of sp³-hybridized carbons (Fsp3) is 0.370. The summed E-state index contributed by atoms with van der Waals surface area (Å²) in [6, 6.07) is 12.6. The van der Waals surface area contributed by atoms with Crippen molar-refractivity contribution in [2.75, 3.05) is 11.1 Å². The number of fused-ring (bicyclic) bond motifs is 1. The lowest BCUT2D eigenvalue weighted by molar-refractivity contribution is -0.143. The quantitative estimate of drug-likeness (QED) is 0.158. The zero-order chi connectivity index (χ0) is 26.5. The predicted octanol–water partition coefficient (Wildman–Crippen LogP) is 7.30. The van der Waals surface area contributed by atoms with Crippen molar-refractivity contribution in [1.29, 1.82) is 0 Å². The van der Waals surface area contributed by atoms with Crippen LogP contribution in [0.25, 0.3) is 0 Å². The van der Waals surface area contributed by atoms with E-state index in [1.165, 1.54) is 0 Å². The molecule has 2 heterocycles. The Balaban J connectivity index is 1.61. The van der Waals surface area contributed by atoms with Crippen molar-refractivity contribution in [2.45, 2.75) is 64.4 Å². The molecular formula is C27H30Cl2N4O3S. The first-order valence-corrected chi connectivity index (χ1v) is 14.0. The number of carbonyl (C=O) groups is 1. The number of carbonyl (C=O) groups excluding carboxylic acids is 1. The number of aromatic nitrogens is 3. The number of benzene rings is 2. The van der Waals surface area contributed by atoms with Gasteiger partial charge in [-0.3, -0.25) is 0 Å². The molecule has 0 spiro atoms. The Bertz CT molecular complexity index is 1290. The summed E-state index contributed by atoms with van der Waals surface area (Å²) in [5.41, 5.74) is 2.98. The Morgan fingerprint density at radius 1 is 1.16 bits per heavy atom. The number of esters is 1. The first kappa shape index (κ1) is 27.4. The molecule has 0 fully saturated rings. The number of hydrogen-bond acceptors (Lipinski definition) is 7. The zero-order valence-corrected chi connectivity index (χ0v) is 23.6. The van der Waals surface area contributed by atoms with Gasteiger partial charge in [0.1, 0.15) is 18.4 Å². The van der Waals surface area contributed by atoms with Crippen molar-refractivity contribution in [2.24, 2.45) is 0 Å². The molecule has 0 saturated carbocycles. The Hall–Kier alpha value is -2.68. The molecule has 37 heavy (non-hydrogen) atoms. The molecule has 0 saturated heterocycles. The van der Waals surface area contributed by atoms with Crippen molar-refractivity contribution >= 4 is 46.9 Å². The van der Waals surface area contributed by atoms with Crippen molar-refractivity contribution < 1.29 is 14.3 Å². The van der Waals surface area contributed by atoms with Crippen LogP contribution in [0.1, 0.15) is 57.7 Å². The average molecular weight is 562 g/mol. The van der Waals surface area contributed by atoms with Gasteiger partial charge in [-0.25, -0.2) is 9.48 Å². The van der Waals surface area contributed by atoms with E-state index in [9.17, 15) is 4.79 Å². The van der Waals surface area contributed by atoms with E-state index in [0.29, 0.717) is 44.8 Å². The van der Waals surface area contributed by atoms with Crippen LogP contribution in [-0.4, -0.2) is 32.6 Å². The smallest absolute Gasteiger partial charge is 0.338 e. The molecule has 196 valence electrons. The third kappa shape index (κ3) is 6.61. The van der Waals surface area contributed by atoms with Crippen LogP contribution < -0.4 is 10.1 Å². The van der Waals surface area contributed by atoms with E-state index in [-0.39, 0.29) is 12.1 Å². The van der Waals surface area contributed by atoms with Crippen molar-refractivity contribution in [3.63, 3.8) is 0 Å². The van der Waals surface area contributed by atoms with Gasteiger partial charge in [0.15, 0.2) is 0 Å². The molecule has 4 rings (SSSR count). The first-order chi connectivity index (χ1) is 17.8. The number of nitrogens with one attached hydrogen (secondary N) is 1. The minimum atomic E-state index is -0.486. The molecule has 1 aromatic heterocycles. The second kappa shape index (κ2) is 12.2. The molecule has 1 unspecified atom stereocenters. The average Bonchev–Trinajstić information content (AvgIpc) is 3.26. The highest BCUT2D eigenvalue weighted by molar-refractivity contribution is 7.99. The van der Waals surface area contributed by atoms with E-state index in [4.69, 9.17) is 37.8 Å². The minimum Gasteiger partial charge on any atom is -0.489 e. The van der Waals surface area contributed by atoms with E-state index >= 15 is 0 Å². The van der Waals surface area contributed by atoms with E-state index < -0.39 is 6.04 Å². The van der Waals surface area contributed by atoms with Gasteiger partial charge in [0.05, 0.1) is 21.7 Å². The van der Waals surface area contributed by atoms with Crippen LogP contribution in [0.15, 0.2) is 58.9 Å². The summed E-state index contributed by atoms with van der Waals surface area (Å²) in [4.78, 5) is 17.8. The number of nitrogens with zero attached hydrogens (tertiary/aromatic N) is 3. The molecule has 1 atom stereocenters. The van der Waals surface area contributed by atoms with Crippen molar-refractivity contribution in [1.82, 2.24) is 14.8 Å². The second-order valence-electron chi connectivity index (χ2n) is 8.99. The van der Waals surface area contributed by atoms with E-state index in [1.807, 2.05) is 51.1 Å². The zero-order valence-electron chi connectivity index (χ0n) is 21.3. The number of anilines is 1. The highest BCUT2D eigenvalue weighted by Crippen LogP contribution is 2.37. The Labute approximate surface area is 231 Å². The lowest BCUT2D eigenvalue weighted by Crippen LogP contribution is -2.30. The van der Waals surface area contributed by atoms with Crippen LogP contribution in [0.4, 0.5) is 5.95 Å². The standard InChI is InChI=1S/C27H30Cl2N4O3S/c1-5-6-13-37-27-31-26-30-17(4)23(25(34)36-16(2)3)24(33(26)32-27)19-8-10-20(11-9-19)35-15-18-7-12-21(28)22(29)14-18/h7-12,14,16,24H,5-6,13,15H2,1-4H3,(H,30,31,32). The summed E-state index contributed by atoms with van der Waals surface area (Å²) in [7, 11) is 0. The number of rotatable bonds is 10. The van der Waals surface area contributed by atoms with E-state index in [2.05, 4.69) is 17.2 Å². The normalized spacial score (nSPS) is 14.9. The molecule has 3 aromatic rings. The maximum atomic E-state index is 13.2. The van der Waals surface area contributed by atoms with Gasteiger partial charge >= 0.3 is 5.97 Å². The predicted molar refractivity (Wildman–Crippen MR) is 149 cm³/mol. The number of unbranched alkanes of at least 4 members (excludes halogenated alkanes) is 1. The summed E-state index contributed by atoms with van der Waals surface area (Å²) < 4.78 is 13.3. The number of ether oxygens (including phenoxy) is 2. The van der Waals surface area contributed by atoms with Gasteiger partial charge in [0, 0.05) is 11.4 Å². The molecule has 10 heteroatoms. The second-order valence-corrected chi connectivity index (χ2v) is 10.9. The number of thioether (sulfide) groups is 1. The van der Waals surface area contributed by atoms with Crippen molar-refractivity contribution in [3.8, 4) is 5.75 Å². The molecule has 7 nitrogen and oxygen atoms in total. The summed E-state index contributed by atoms with van der Waals surface area (Å²) in [6.45, 7) is 8.04. The minimum absolute atomic E-state index is 0.247. The van der Waals surface area contributed by atoms with Gasteiger partial charge in [0.25, 0.3) is 0 Å². The lowest BCUT2D eigenvalue weighted by Gasteiger charge is -2.28. The Morgan fingerprint density at radius 2 is 1.92 bits per heavy atom. The van der Waals surface area contributed by atoms with Crippen molar-refractivity contribution in [3.05, 3.63) is 74.9 Å². The maximum Gasteiger partial charge on any atom is 0.338 e. The monoisotopic (exact) mass is 560 g/mol. The third-order valence-corrected chi connectivity index (χ3v) is 7.37. The van der Waals surface area contributed by atoms with Gasteiger partial charge in [0.2, 0.25) is 11.1 Å². The molecule has 1 N–H and O–H groups in total. The molecule has 0 radical (unpaired) electrons. The largest absolute Gasteiger partial charge is 0.489 e. The fourth-order valence-electron chi connectivity index (χ4n) is 3.89. The van der Waals surface area contributed by atoms with E-state index in [1.54, 1.807) is 28.6 Å². The number of hydrogen-bond donors (Lipinski definition) is 1. The van der Waals surface area contributed by atoms with Gasteiger partial charge in [-0.15, -0.1) is 5.10 Å². The van der Waals surface area contributed by atoms with Crippen LogP contribution in [-0.2, 0) is 16.1 Å². The SMILES string of the molecule is CCCCSc1nc2n(n1)C(c1ccc(OCc3ccc(Cl)c(Cl)c3)cc1)C(C(=O)OC(C)C)=C(C)N2. The highest BCUT2D eigenvalue weighted by atomic mass is 35.5. The third-order valence-electron chi connectivity index (χ3n) is 5.71. The van der Waals surface area contributed by atoms with Gasteiger partial charge in [-0.05, 0) is 62.6 Å². The lowest BCUT2D eigenvalue weighted by atomic mass is 9.95. The van der Waals surface area contributed by atoms with E-state index in [0.717, 1.165) is 29.7 Å². The molecular weight excluding hydrogens is 531 g/mol. The van der Waals surface area contributed by atoms with Crippen LogP contribution in [0, 0.1) is 0 Å². The maximum absolute atomic E-state index is 13.2. The van der Waals surface area contributed by atoms with Gasteiger partial charge in [-0.1, -0.05) is 66.5 Å². The molecule has 1 aliphatic rings. The fourth-order valence-corrected chi connectivity index (χ4v) is 5.13. The summed E-state index contributed by atoms with van der Waals surface area (Å²) >= 11 is 13.7. The Kier molecular flexibility index (Phi) is 9.05. The van der Waals surface area contributed by atoms with Gasteiger partial charge in [-0.2, -0.15) is 4.98 Å². The van der Waals surface area contributed by atoms with Crippen LogP contribution in [0.5, 0.6) is 5.75 Å². The van der Waals surface area contributed by atoms with Gasteiger partial charge < -0.3 is 14.8 Å². The molecule has 0 amide bonds. The summed E-state index contributed by atoms with van der Waals surface area (Å²) in [5.74, 6) is 1.84. The highest BCUT2D eigenvalue weighted by Gasteiger charge is 2.35. The molecule has 1 aliphatic heterocycles. The topological polar surface area (TPSA) is 78.3 Å².